The molecule has 0 aliphatic heterocycles. The number of benzene rings is 2. The van der Waals surface area contributed by atoms with E-state index in [2.05, 4.69) is 60.4 Å². The number of aryl methyl sites for hydroxylation is 1. The number of rotatable bonds is 2. The number of hydrogen-bond donors (Lipinski definition) is 0. The molecule has 23 heavy (non-hydrogen) atoms. The van der Waals surface area contributed by atoms with E-state index < -0.39 is 0 Å². The maximum absolute atomic E-state index is 4.52. The van der Waals surface area contributed by atoms with E-state index in [1.807, 2.05) is 6.20 Å². The Morgan fingerprint density at radius 2 is 1.57 bits per heavy atom. The third kappa shape index (κ3) is 2.88. The minimum atomic E-state index is 0.777. The topological polar surface area (TPSA) is 12.9 Å². The molecule has 0 spiro atoms. The van der Waals surface area contributed by atoms with Crippen molar-refractivity contribution in [2.75, 3.05) is 0 Å². The zero-order valence-electron chi connectivity index (χ0n) is 13.8. The second kappa shape index (κ2) is 6.16. The van der Waals surface area contributed by atoms with Crippen molar-refractivity contribution < 1.29 is 0 Å². The van der Waals surface area contributed by atoms with Gasteiger partial charge in [0.05, 0.1) is 5.52 Å². The number of nitrogens with zero attached hydrogens (tertiary/aromatic N) is 1. The van der Waals surface area contributed by atoms with Crippen LogP contribution in [0.4, 0.5) is 0 Å². The highest BCUT2D eigenvalue weighted by Gasteiger charge is 2.15. The molecule has 0 radical (unpaired) electrons. The van der Waals surface area contributed by atoms with Gasteiger partial charge in [-0.2, -0.15) is 0 Å². The maximum atomic E-state index is 4.52. The number of hydrogen-bond acceptors (Lipinski definition) is 1. The van der Waals surface area contributed by atoms with Gasteiger partial charge in [0.15, 0.2) is 0 Å². The fraction of sp³-hybridized carbons (Fsp3) is 0.318. The van der Waals surface area contributed by atoms with Crippen LogP contribution in [-0.2, 0) is 0 Å². The Bertz CT molecular complexity index is 811. The van der Waals surface area contributed by atoms with Crippen LogP contribution in [-0.4, -0.2) is 4.98 Å². The highest BCUT2D eigenvalue weighted by molar-refractivity contribution is 5.86. The highest BCUT2D eigenvalue weighted by atomic mass is 14.6. The molecule has 1 nitrogen and oxygen atoms in total. The van der Waals surface area contributed by atoms with E-state index in [4.69, 9.17) is 0 Å². The maximum Gasteiger partial charge on any atom is 0.0710 e. The number of fused-ring (bicyclic) bond motifs is 1. The summed E-state index contributed by atoms with van der Waals surface area (Å²) in [5.41, 5.74) is 6.43. The summed E-state index contributed by atoms with van der Waals surface area (Å²) in [4.78, 5) is 4.52. The second-order valence-corrected chi connectivity index (χ2v) is 6.82. The van der Waals surface area contributed by atoms with Gasteiger partial charge < -0.3 is 0 Å². The van der Waals surface area contributed by atoms with Gasteiger partial charge >= 0.3 is 0 Å². The van der Waals surface area contributed by atoms with Gasteiger partial charge in [0.1, 0.15) is 0 Å². The van der Waals surface area contributed by atoms with E-state index in [-0.39, 0.29) is 0 Å². The second-order valence-electron chi connectivity index (χ2n) is 6.82. The zero-order valence-corrected chi connectivity index (χ0v) is 13.8. The summed E-state index contributed by atoms with van der Waals surface area (Å²) in [6, 6.07) is 17.9. The van der Waals surface area contributed by atoms with Crippen LogP contribution in [0.2, 0.25) is 0 Å². The quantitative estimate of drug-likeness (QED) is 0.544. The van der Waals surface area contributed by atoms with Crippen LogP contribution >= 0.6 is 0 Å². The molecule has 2 aromatic carbocycles. The van der Waals surface area contributed by atoms with Crippen molar-refractivity contribution in [3.8, 4) is 11.1 Å². The fourth-order valence-electron chi connectivity index (χ4n) is 3.85. The first-order chi connectivity index (χ1) is 11.3. The Hall–Kier alpha value is -2.15. The predicted octanol–water partition coefficient (Wildman–Crippen LogP) is 6.26. The predicted molar refractivity (Wildman–Crippen MR) is 97.7 cm³/mol. The molecular weight excluding hydrogens is 278 g/mol. The lowest BCUT2D eigenvalue weighted by atomic mass is 9.83. The van der Waals surface area contributed by atoms with E-state index >= 15 is 0 Å². The molecule has 3 aromatic rings. The Morgan fingerprint density at radius 1 is 0.826 bits per heavy atom. The first-order valence-electron chi connectivity index (χ1n) is 8.77. The van der Waals surface area contributed by atoms with Gasteiger partial charge in [0.25, 0.3) is 0 Å². The molecular formula is C22H23N. The largest absolute Gasteiger partial charge is 0.256 e. The van der Waals surface area contributed by atoms with E-state index in [0.717, 1.165) is 11.4 Å². The van der Waals surface area contributed by atoms with Crippen LogP contribution < -0.4 is 0 Å². The molecule has 4 rings (SSSR count). The Labute approximate surface area is 138 Å². The Morgan fingerprint density at radius 3 is 2.35 bits per heavy atom. The average Bonchev–Trinajstić information content (AvgIpc) is 2.63. The summed E-state index contributed by atoms with van der Waals surface area (Å²) in [5, 5.41) is 1.25. The first kappa shape index (κ1) is 14.4. The molecule has 1 aromatic heterocycles. The van der Waals surface area contributed by atoms with E-state index in [0.29, 0.717) is 0 Å². The normalized spacial score (nSPS) is 15.9. The first-order valence-corrected chi connectivity index (χ1v) is 8.77. The van der Waals surface area contributed by atoms with Crippen LogP contribution in [0.5, 0.6) is 0 Å². The van der Waals surface area contributed by atoms with Crippen molar-refractivity contribution in [3.63, 3.8) is 0 Å². The molecule has 0 amide bonds. The number of aromatic nitrogens is 1. The molecule has 1 heteroatoms. The van der Waals surface area contributed by atoms with Crippen LogP contribution in [0, 0.1) is 6.92 Å². The lowest BCUT2D eigenvalue weighted by Crippen LogP contribution is -2.04. The molecule has 0 saturated heterocycles. The third-order valence-corrected chi connectivity index (χ3v) is 5.28. The summed E-state index contributed by atoms with van der Waals surface area (Å²) in [6.45, 7) is 2.14. The molecule has 0 unspecified atom stereocenters. The van der Waals surface area contributed by atoms with Gasteiger partial charge in [-0.25, -0.2) is 0 Å². The standard InChI is InChI=1S/C22H23N/c1-16-13-14-23-22-15-20(11-12-21(16)22)19-9-7-18(8-10-19)17-5-3-2-4-6-17/h7-15,17H,2-6H2,1H3. The van der Waals surface area contributed by atoms with Gasteiger partial charge in [-0.1, -0.05) is 55.7 Å². The van der Waals surface area contributed by atoms with Gasteiger partial charge in [-0.05, 0) is 60.1 Å². The molecule has 1 saturated carbocycles. The van der Waals surface area contributed by atoms with Gasteiger partial charge in [0.2, 0.25) is 0 Å². The van der Waals surface area contributed by atoms with Gasteiger partial charge in [-0.15, -0.1) is 0 Å². The minimum Gasteiger partial charge on any atom is -0.256 e. The zero-order chi connectivity index (χ0) is 15.6. The molecule has 0 bridgehead atoms. The lowest BCUT2D eigenvalue weighted by molar-refractivity contribution is 0.443. The SMILES string of the molecule is Cc1ccnc2cc(-c3ccc(C4CCCCC4)cc3)ccc12. The molecule has 116 valence electrons. The molecule has 1 aliphatic rings. The number of pyridine rings is 1. The summed E-state index contributed by atoms with van der Waals surface area (Å²) in [5.74, 6) is 0.777. The van der Waals surface area contributed by atoms with Crippen molar-refractivity contribution in [3.05, 3.63) is 65.9 Å². The van der Waals surface area contributed by atoms with Crippen LogP contribution in [0.25, 0.3) is 22.0 Å². The van der Waals surface area contributed by atoms with E-state index in [1.165, 1.54) is 59.7 Å². The molecule has 1 fully saturated rings. The average molecular weight is 301 g/mol. The minimum absolute atomic E-state index is 0.777. The van der Waals surface area contributed by atoms with Crippen molar-refractivity contribution in [1.82, 2.24) is 4.98 Å². The summed E-state index contributed by atoms with van der Waals surface area (Å²) in [7, 11) is 0. The van der Waals surface area contributed by atoms with Gasteiger partial charge in [0, 0.05) is 11.6 Å². The summed E-state index contributed by atoms with van der Waals surface area (Å²) >= 11 is 0. The molecule has 0 atom stereocenters. The molecule has 0 N–H and O–H groups in total. The van der Waals surface area contributed by atoms with Crippen molar-refractivity contribution >= 4 is 10.9 Å². The van der Waals surface area contributed by atoms with Crippen LogP contribution in [0.1, 0.15) is 49.1 Å². The molecule has 1 aliphatic carbocycles. The van der Waals surface area contributed by atoms with E-state index in [1.54, 1.807) is 0 Å². The van der Waals surface area contributed by atoms with Crippen LogP contribution in [0.3, 0.4) is 0 Å². The Kier molecular flexibility index (Phi) is 3.87. The van der Waals surface area contributed by atoms with E-state index in [9.17, 15) is 0 Å². The van der Waals surface area contributed by atoms with Crippen molar-refractivity contribution in [1.29, 1.82) is 0 Å². The molecule has 1 heterocycles. The van der Waals surface area contributed by atoms with Crippen molar-refractivity contribution in [2.24, 2.45) is 0 Å². The van der Waals surface area contributed by atoms with Gasteiger partial charge in [-0.3, -0.25) is 4.98 Å². The summed E-state index contributed by atoms with van der Waals surface area (Å²) in [6.07, 6.45) is 8.81. The monoisotopic (exact) mass is 301 g/mol. The smallest absolute Gasteiger partial charge is 0.0710 e. The van der Waals surface area contributed by atoms with Crippen LogP contribution in [0.15, 0.2) is 54.7 Å². The van der Waals surface area contributed by atoms with Crippen molar-refractivity contribution in [2.45, 2.75) is 44.9 Å². The fourth-order valence-corrected chi connectivity index (χ4v) is 3.85. The Balaban J connectivity index is 1.65. The lowest BCUT2D eigenvalue weighted by Gasteiger charge is -2.22. The third-order valence-electron chi connectivity index (χ3n) is 5.28. The summed E-state index contributed by atoms with van der Waals surface area (Å²) < 4.78 is 0. The highest BCUT2D eigenvalue weighted by Crippen LogP contribution is 2.34.